The van der Waals surface area contributed by atoms with E-state index in [9.17, 15) is 4.79 Å². The topological polar surface area (TPSA) is 55.6 Å². The van der Waals surface area contributed by atoms with E-state index in [-0.39, 0.29) is 12.1 Å². The first-order chi connectivity index (χ1) is 5.63. The summed E-state index contributed by atoms with van der Waals surface area (Å²) in [7, 11) is 1.61. The Morgan fingerprint density at radius 1 is 1.67 bits per heavy atom. The van der Waals surface area contributed by atoms with Crippen molar-refractivity contribution < 1.29 is 9.53 Å². The van der Waals surface area contributed by atoms with Crippen molar-refractivity contribution in [2.45, 2.75) is 26.3 Å². The number of primary amides is 1. The van der Waals surface area contributed by atoms with Gasteiger partial charge >= 0.3 is 6.03 Å². The molecule has 2 N–H and O–H groups in total. The van der Waals surface area contributed by atoms with E-state index in [1.165, 1.54) is 0 Å². The fourth-order valence-corrected chi connectivity index (χ4v) is 0.958. The van der Waals surface area contributed by atoms with Gasteiger partial charge in [-0.25, -0.2) is 4.79 Å². The number of rotatable bonds is 5. The zero-order chi connectivity index (χ0) is 9.56. The summed E-state index contributed by atoms with van der Waals surface area (Å²) in [6, 6.07) is -0.181. The molecule has 0 saturated carbocycles. The summed E-state index contributed by atoms with van der Waals surface area (Å²) in [6.07, 6.45) is 0.909. The van der Waals surface area contributed by atoms with E-state index in [1.807, 2.05) is 13.8 Å². The summed E-state index contributed by atoms with van der Waals surface area (Å²) in [6.45, 7) is 5.10. The molecule has 0 fully saturated rings. The minimum Gasteiger partial charge on any atom is -0.383 e. The van der Waals surface area contributed by atoms with Crippen LogP contribution in [0.25, 0.3) is 0 Å². The average Bonchev–Trinajstić information content (AvgIpc) is 2.04. The molecule has 0 heterocycles. The Bertz CT molecular complexity index is 139. The number of carbonyl (C=O) groups is 1. The van der Waals surface area contributed by atoms with Crippen molar-refractivity contribution in [3.63, 3.8) is 0 Å². The van der Waals surface area contributed by atoms with Gasteiger partial charge in [-0.1, -0.05) is 6.92 Å². The van der Waals surface area contributed by atoms with Crippen LogP contribution >= 0.6 is 0 Å². The van der Waals surface area contributed by atoms with Crippen LogP contribution in [0.3, 0.4) is 0 Å². The van der Waals surface area contributed by atoms with Gasteiger partial charge in [-0.2, -0.15) is 0 Å². The molecule has 4 heteroatoms. The van der Waals surface area contributed by atoms with Gasteiger partial charge in [0.15, 0.2) is 0 Å². The van der Waals surface area contributed by atoms with Crippen LogP contribution in [0.15, 0.2) is 0 Å². The van der Waals surface area contributed by atoms with E-state index >= 15 is 0 Å². The van der Waals surface area contributed by atoms with Gasteiger partial charge in [-0.15, -0.1) is 0 Å². The van der Waals surface area contributed by atoms with Crippen molar-refractivity contribution in [1.82, 2.24) is 4.90 Å². The number of methoxy groups -OCH3 is 1. The molecule has 0 saturated heterocycles. The lowest BCUT2D eigenvalue weighted by atomic mass is 10.2. The second kappa shape index (κ2) is 5.83. The van der Waals surface area contributed by atoms with Crippen molar-refractivity contribution in [3.8, 4) is 0 Å². The third kappa shape index (κ3) is 3.57. The van der Waals surface area contributed by atoms with E-state index in [4.69, 9.17) is 10.5 Å². The van der Waals surface area contributed by atoms with Crippen LogP contribution in [0.2, 0.25) is 0 Å². The first-order valence-electron chi connectivity index (χ1n) is 4.18. The molecule has 2 amide bonds. The highest BCUT2D eigenvalue weighted by Gasteiger charge is 2.14. The van der Waals surface area contributed by atoms with E-state index < -0.39 is 0 Å². The van der Waals surface area contributed by atoms with Crippen molar-refractivity contribution >= 4 is 6.03 Å². The lowest BCUT2D eigenvalue weighted by Gasteiger charge is -2.26. The lowest BCUT2D eigenvalue weighted by molar-refractivity contribution is 0.136. The summed E-state index contributed by atoms with van der Waals surface area (Å²) in [5, 5.41) is 0. The van der Waals surface area contributed by atoms with Gasteiger partial charge in [0.2, 0.25) is 0 Å². The highest BCUT2D eigenvalue weighted by atomic mass is 16.5. The van der Waals surface area contributed by atoms with Gasteiger partial charge < -0.3 is 15.4 Å². The number of hydrogen-bond acceptors (Lipinski definition) is 2. The molecule has 0 radical (unpaired) electrons. The van der Waals surface area contributed by atoms with E-state index in [1.54, 1.807) is 12.0 Å². The van der Waals surface area contributed by atoms with Crippen LogP contribution in [-0.2, 0) is 4.74 Å². The molecule has 0 aromatic carbocycles. The smallest absolute Gasteiger partial charge is 0.315 e. The highest BCUT2D eigenvalue weighted by Crippen LogP contribution is 2.01. The molecule has 1 unspecified atom stereocenters. The van der Waals surface area contributed by atoms with Crippen molar-refractivity contribution in [2.24, 2.45) is 5.73 Å². The van der Waals surface area contributed by atoms with Crippen molar-refractivity contribution in [3.05, 3.63) is 0 Å². The number of ether oxygens (including phenoxy) is 1. The van der Waals surface area contributed by atoms with Crippen LogP contribution in [0, 0.1) is 0 Å². The SMILES string of the molecule is CCC(C)N(CCOC)C(N)=O. The second-order valence-corrected chi connectivity index (χ2v) is 2.78. The molecule has 72 valence electrons. The van der Waals surface area contributed by atoms with Crippen LogP contribution in [-0.4, -0.2) is 37.2 Å². The molecule has 0 aliphatic heterocycles. The number of hydrogen-bond donors (Lipinski definition) is 1. The summed E-state index contributed by atoms with van der Waals surface area (Å²) >= 11 is 0. The quantitative estimate of drug-likeness (QED) is 0.670. The number of carbonyl (C=O) groups excluding carboxylic acids is 1. The summed E-state index contributed by atoms with van der Waals surface area (Å²) in [5.41, 5.74) is 5.19. The zero-order valence-electron chi connectivity index (χ0n) is 8.04. The number of amides is 2. The maximum atomic E-state index is 10.9. The Balaban J connectivity index is 3.94. The minimum absolute atomic E-state index is 0.192. The molecular formula is C8H18N2O2. The lowest BCUT2D eigenvalue weighted by Crippen LogP contribution is -2.43. The van der Waals surface area contributed by atoms with Crippen LogP contribution < -0.4 is 5.73 Å². The number of nitrogens with zero attached hydrogens (tertiary/aromatic N) is 1. The van der Waals surface area contributed by atoms with Crippen LogP contribution in [0.5, 0.6) is 0 Å². The molecule has 4 nitrogen and oxygen atoms in total. The largest absolute Gasteiger partial charge is 0.383 e. The first-order valence-corrected chi connectivity index (χ1v) is 4.18. The van der Waals surface area contributed by atoms with Gasteiger partial charge in [0.05, 0.1) is 6.61 Å². The average molecular weight is 174 g/mol. The molecule has 12 heavy (non-hydrogen) atoms. The molecule has 0 aromatic heterocycles. The van der Waals surface area contributed by atoms with Gasteiger partial charge in [-0.05, 0) is 13.3 Å². The molecule has 0 bridgehead atoms. The third-order valence-corrected chi connectivity index (χ3v) is 1.94. The fraction of sp³-hybridized carbons (Fsp3) is 0.875. The third-order valence-electron chi connectivity index (χ3n) is 1.94. The number of urea groups is 1. The molecule has 0 aromatic rings. The predicted molar refractivity (Wildman–Crippen MR) is 47.9 cm³/mol. The van der Waals surface area contributed by atoms with Gasteiger partial charge in [0.1, 0.15) is 0 Å². The minimum atomic E-state index is -0.374. The van der Waals surface area contributed by atoms with Gasteiger partial charge in [0, 0.05) is 19.7 Å². The summed E-state index contributed by atoms with van der Waals surface area (Å²) in [5.74, 6) is 0. The Hall–Kier alpha value is -0.770. The molecule has 0 spiro atoms. The molecular weight excluding hydrogens is 156 g/mol. The Labute approximate surface area is 73.7 Å². The van der Waals surface area contributed by atoms with E-state index in [0.717, 1.165) is 6.42 Å². The Morgan fingerprint density at radius 2 is 2.25 bits per heavy atom. The predicted octanol–water partition coefficient (Wildman–Crippen LogP) is 0.812. The van der Waals surface area contributed by atoms with Gasteiger partial charge in [-0.3, -0.25) is 0 Å². The summed E-state index contributed by atoms with van der Waals surface area (Å²) < 4.78 is 4.87. The van der Waals surface area contributed by atoms with Gasteiger partial charge in [0.25, 0.3) is 0 Å². The monoisotopic (exact) mass is 174 g/mol. The maximum Gasteiger partial charge on any atom is 0.315 e. The van der Waals surface area contributed by atoms with Crippen molar-refractivity contribution in [1.29, 1.82) is 0 Å². The van der Waals surface area contributed by atoms with Crippen LogP contribution in [0.1, 0.15) is 20.3 Å². The Morgan fingerprint density at radius 3 is 2.58 bits per heavy atom. The Kier molecular flexibility index (Phi) is 5.45. The molecule has 0 aliphatic rings. The molecule has 1 atom stereocenters. The highest BCUT2D eigenvalue weighted by molar-refractivity contribution is 5.72. The van der Waals surface area contributed by atoms with E-state index in [0.29, 0.717) is 13.2 Å². The van der Waals surface area contributed by atoms with Crippen LogP contribution in [0.4, 0.5) is 4.79 Å². The standard InChI is InChI=1S/C8H18N2O2/c1-4-7(2)10(8(9)11)5-6-12-3/h7H,4-6H2,1-3H3,(H2,9,11). The maximum absolute atomic E-state index is 10.9. The number of nitrogens with two attached hydrogens (primary N) is 1. The zero-order valence-corrected chi connectivity index (χ0v) is 8.04. The van der Waals surface area contributed by atoms with Crippen molar-refractivity contribution in [2.75, 3.05) is 20.3 Å². The molecule has 0 aliphatic carbocycles. The normalized spacial score (nSPS) is 12.6. The fourth-order valence-electron chi connectivity index (χ4n) is 0.958. The van der Waals surface area contributed by atoms with E-state index in [2.05, 4.69) is 0 Å². The first kappa shape index (κ1) is 11.2. The summed E-state index contributed by atoms with van der Waals surface area (Å²) in [4.78, 5) is 12.5. The second-order valence-electron chi connectivity index (χ2n) is 2.78. The molecule has 0 rings (SSSR count).